The number of hydrogen-bond donors (Lipinski definition) is 0. The highest BCUT2D eigenvalue weighted by Crippen LogP contribution is 2.12. The molecule has 0 radical (unpaired) electrons. The van der Waals surface area contributed by atoms with Gasteiger partial charge in [0.25, 0.3) is 0 Å². The first-order chi connectivity index (χ1) is 8.77. The maximum Gasteiger partial charge on any atom is 0.0435 e. The second-order valence-corrected chi connectivity index (χ2v) is 4.38. The average molecular weight is 256 g/mol. The Balaban J connectivity index is 0.000000138. The van der Waals surface area contributed by atoms with Crippen molar-refractivity contribution in [2.24, 2.45) is 0 Å². The van der Waals surface area contributed by atoms with Gasteiger partial charge in [-0.25, -0.2) is 0 Å². The van der Waals surface area contributed by atoms with Crippen molar-refractivity contribution in [1.29, 1.82) is 0 Å². The summed E-state index contributed by atoms with van der Waals surface area (Å²) >= 11 is 5.71. The molecule has 0 N–H and O–H groups in total. The number of aryl methyl sites for hydroxylation is 1. The lowest BCUT2D eigenvalue weighted by Crippen LogP contribution is -1.71. The fraction of sp³-hybridized carbons (Fsp3) is 0.0625. The van der Waals surface area contributed by atoms with Gasteiger partial charge in [-0.3, -0.25) is 4.98 Å². The van der Waals surface area contributed by atoms with Gasteiger partial charge in [-0.05, 0) is 35.4 Å². The summed E-state index contributed by atoms with van der Waals surface area (Å²) < 4.78 is 0. The Kier molecular flexibility index (Phi) is 4.32. The summed E-state index contributed by atoms with van der Waals surface area (Å²) in [6, 6.07) is 18.0. The maximum absolute atomic E-state index is 5.71. The van der Waals surface area contributed by atoms with Gasteiger partial charge >= 0.3 is 0 Å². The van der Waals surface area contributed by atoms with Gasteiger partial charge in [0.2, 0.25) is 0 Å². The molecule has 1 nitrogen and oxygen atoms in total. The third kappa shape index (κ3) is 3.31. The maximum atomic E-state index is 5.71. The largest absolute Gasteiger partial charge is 0.264 e. The van der Waals surface area contributed by atoms with E-state index < -0.39 is 0 Å². The average Bonchev–Trinajstić information content (AvgIpc) is 2.43. The van der Waals surface area contributed by atoms with Gasteiger partial charge in [0, 0.05) is 17.4 Å². The molecule has 2 aromatic carbocycles. The van der Waals surface area contributed by atoms with E-state index in [0.717, 1.165) is 10.6 Å². The molecule has 0 fully saturated rings. The van der Waals surface area contributed by atoms with Crippen LogP contribution in [0.25, 0.3) is 10.8 Å². The van der Waals surface area contributed by atoms with Crippen LogP contribution in [0.3, 0.4) is 0 Å². The number of fused-ring (bicyclic) bond motifs is 1. The highest BCUT2D eigenvalue weighted by atomic mass is 35.5. The van der Waals surface area contributed by atoms with Gasteiger partial charge in [0.05, 0.1) is 0 Å². The minimum Gasteiger partial charge on any atom is -0.264 e. The first-order valence-corrected chi connectivity index (χ1v) is 6.15. The number of rotatable bonds is 0. The van der Waals surface area contributed by atoms with Crippen LogP contribution in [0.5, 0.6) is 0 Å². The van der Waals surface area contributed by atoms with E-state index in [1.165, 1.54) is 10.8 Å². The van der Waals surface area contributed by atoms with Crippen LogP contribution >= 0.6 is 11.6 Å². The lowest BCUT2D eigenvalue weighted by molar-refractivity contribution is 1.36. The van der Waals surface area contributed by atoms with E-state index in [9.17, 15) is 0 Å². The van der Waals surface area contributed by atoms with Gasteiger partial charge in [-0.2, -0.15) is 0 Å². The van der Waals surface area contributed by atoms with Crippen LogP contribution in [-0.2, 0) is 0 Å². The Bertz CT molecular complexity index is 548. The van der Waals surface area contributed by atoms with E-state index in [0.29, 0.717) is 0 Å². The predicted molar refractivity (Wildman–Crippen MR) is 77.9 cm³/mol. The SMILES string of the molecule is Cc1ccccc1Cl.c1ccc2cnccc2c1. The fourth-order valence-corrected chi connectivity index (χ4v) is 1.71. The first-order valence-electron chi connectivity index (χ1n) is 5.77. The summed E-state index contributed by atoms with van der Waals surface area (Å²) in [5.74, 6) is 0. The zero-order valence-corrected chi connectivity index (χ0v) is 10.9. The Labute approximate surface area is 112 Å². The number of halogens is 1. The van der Waals surface area contributed by atoms with Crippen molar-refractivity contribution in [1.82, 2.24) is 4.98 Å². The van der Waals surface area contributed by atoms with Crippen molar-refractivity contribution in [2.45, 2.75) is 6.92 Å². The summed E-state index contributed by atoms with van der Waals surface area (Å²) in [5.41, 5.74) is 1.13. The number of benzene rings is 2. The van der Waals surface area contributed by atoms with Crippen molar-refractivity contribution in [3.05, 3.63) is 77.6 Å². The standard InChI is InChI=1S/C9H7N.C7H7Cl/c1-2-4-9-7-10-6-5-8(9)3-1;1-6-4-2-3-5-7(6)8/h1-7H;2-5H,1H3. The van der Waals surface area contributed by atoms with Crippen molar-refractivity contribution in [2.75, 3.05) is 0 Å². The van der Waals surface area contributed by atoms with Crippen molar-refractivity contribution in [3.8, 4) is 0 Å². The van der Waals surface area contributed by atoms with E-state index in [1.54, 1.807) is 0 Å². The number of pyridine rings is 1. The fourth-order valence-electron chi connectivity index (χ4n) is 1.58. The van der Waals surface area contributed by atoms with Crippen LogP contribution in [0.4, 0.5) is 0 Å². The smallest absolute Gasteiger partial charge is 0.0435 e. The Morgan fingerprint density at radius 1 is 0.833 bits per heavy atom. The highest BCUT2D eigenvalue weighted by Gasteiger charge is 1.87. The van der Waals surface area contributed by atoms with Gasteiger partial charge in [-0.1, -0.05) is 54.1 Å². The molecule has 0 unspecified atom stereocenters. The second kappa shape index (κ2) is 6.18. The van der Waals surface area contributed by atoms with Crippen LogP contribution in [0.1, 0.15) is 5.56 Å². The Morgan fingerprint density at radius 2 is 1.50 bits per heavy atom. The molecule has 18 heavy (non-hydrogen) atoms. The third-order valence-electron chi connectivity index (χ3n) is 2.63. The second-order valence-electron chi connectivity index (χ2n) is 3.97. The van der Waals surface area contributed by atoms with E-state index in [4.69, 9.17) is 11.6 Å². The number of aromatic nitrogens is 1. The summed E-state index contributed by atoms with van der Waals surface area (Å²) in [7, 11) is 0. The number of hydrogen-bond acceptors (Lipinski definition) is 1. The zero-order chi connectivity index (χ0) is 12.8. The Morgan fingerprint density at radius 3 is 2.11 bits per heavy atom. The molecule has 0 saturated carbocycles. The third-order valence-corrected chi connectivity index (χ3v) is 3.05. The molecule has 0 aliphatic carbocycles. The minimum atomic E-state index is 0.840. The van der Waals surface area contributed by atoms with Crippen molar-refractivity contribution >= 4 is 22.4 Å². The minimum absolute atomic E-state index is 0.840. The van der Waals surface area contributed by atoms with Gasteiger partial charge in [0.1, 0.15) is 0 Å². The summed E-state index contributed by atoms with van der Waals surface area (Å²) in [4.78, 5) is 4.01. The molecule has 0 aliphatic heterocycles. The van der Waals surface area contributed by atoms with Crippen LogP contribution in [0.15, 0.2) is 67.0 Å². The molecule has 3 aromatic rings. The summed E-state index contributed by atoms with van der Waals surface area (Å²) in [5, 5.41) is 3.29. The van der Waals surface area contributed by atoms with Crippen LogP contribution < -0.4 is 0 Å². The molecular weight excluding hydrogens is 242 g/mol. The molecule has 90 valence electrons. The van der Waals surface area contributed by atoms with Gasteiger partial charge < -0.3 is 0 Å². The van der Waals surface area contributed by atoms with Gasteiger partial charge in [0.15, 0.2) is 0 Å². The quantitative estimate of drug-likeness (QED) is 0.558. The summed E-state index contributed by atoms with van der Waals surface area (Å²) in [6.07, 6.45) is 3.68. The molecule has 2 heteroatoms. The Hall–Kier alpha value is -1.86. The predicted octanol–water partition coefficient (Wildman–Crippen LogP) is 4.88. The van der Waals surface area contributed by atoms with E-state index in [1.807, 2.05) is 61.8 Å². The molecule has 0 saturated heterocycles. The van der Waals surface area contributed by atoms with Crippen LogP contribution in [0.2, 0.25) is 5.02 Å². The monoisotopic (exact) mass is 255 g/mol. The molecule has 0 bridgehead atoms. The molecule has 1 heterocycles. The van der Waals surface area contributed by atoms with Crippen molar-refractivity contribution in [3.63, 3.8) is 0 Å². The number of nitrogens with zero attached hydrogens (tertiary/aromatic N) is 1. The normalized spacial score (nSPS) is 9.67. The van der Waals surface area contributed by atoms with E-state index in [2.05, 4.69) is 17.1 Å². The first kappa shape index (κ1) is 12.6. The molecule has 0 atom stereocenters. The molecule has 3 rings (SSSR count). The zero-order valence-electron chi connectivity index (χ0n) is 10.2. The van der Waals surface area contributed by atoms with Gasteiger partial charge in [-0.15, -0.1) is 0 Å². The van der Waals surface area contributed by atoms with Crippen molar-refractivity contribution < 1.29 is 0 Å². The molecule has 0 spiro atoms. The van der Waals surface area contributed by atoms with E-state index >= 15 is 0 Å². The van der Waals surface area contributed by atoms with E-state index in [-0.39, 0.29) is 0 Å². The van der Waals surface area contributed by atoms with Crippen LogP contribution in [0, 0.1) is 6.92 Å². The molecular formula is C16H14ClN. The van der Waals surface area contributed by atoms with Crippen LogP contribution in [-0.4, -0.2) is 4.98 Å². The molecule has 0 amide bonds. The molecule has 0 aliphatic rings. The lowest BCUT2D eigenvalue weighted by atomic mass is 10.2. The topological polar surface area (TPSA) is 12.9 Å². The highest BCUT2D eigenvalue weighted by molar-refractivity contribution is 6.31. The molecule has 1 aromatic heterocycles. The lowest BCUT2D eigenvalue weighted by Gasteiger charge is -1.91. The summed E-state index contributed by atoms with van der Waals surface area (Å²) in [6.45, 7) is 1.99.